The minimum absolute atomic E-state index is 0.137. The first-order valence-electron chi connectivity index (χ1n) is 1.90. The zero-order valence-electron chi connectivity index (χ0n) is 4.13. The summed E-state index contributed by atoms with van der Waals surface area (Å²) in [5.41, 5.74) is 0. The summed E-state index contributed by atoms with van der Waals surface area (Å²) in [6.07, 6.45) is 0. The van der Waals surface area contributed by atoms with Crippen LogP contribution in [0.2, 0.25) is 0 Å². The minimum Gasteiger partial charge on any atom is -0.220 e. The van der Waals surface area contributed by atoms with E-state index in [2.05, 4.69) is 9.78 Å². The predicted octanol–water partition coefficient (Wildman–Crippen LogP) is -0.0182. The maximum absolute atomic E-state index is 7.83. The first-order valence-corrected chi connectivity index (χ1v) is 1.90. The Morgan fingerprint density at radius 1 is 1.00 bits per heavy atom. The van der Waals surface area contributed by atoms with Gasteiger partial charge in [-0.25, -0.2) is 9.78 Å². The van der Waals surface area contributed by atoms with E-state index in [0.29, 0.717) is 0 Å². The first kappa shape index (κ1) is 6.90. The Kier molecular flexibility index (Phi) is 5.09. The van der Waals surface area contributed by atoms with Gasteiger partial charge in [-0.1, -0.05) is 0 Å². The smallest absolute Gasteiger partial charge is 0.169 e. The van der Waals surface area contributed by atoms with E-state index >= 15 is 0 Å². The summed E-state index contributed by atoms with van der Waals surface area (Å²) in [5, 5.41) is 15.7. The molecule has 0 aliphatic carbocycles. The van der Waals surface area contributed by atoms with Crippen LogP contribution in [-0.2, 0) is 9.78 Å². The molecule has 0 aromatic heterocycles. The lowest BCUT2D eigenvalue weighted by Gasteiger charge is -1.89. The van der Waals surface area contributed by atoms with Crippen LogP contribution in [-0.4, -0.2) is 13.2 Å². The van der Waals surface area contributed by atoms with Gasteiger partial charge in [-0.2, -0.15) is 10.5 Å². The number of rotatable bonds is 3. The second kappa shape index (κ2) is 5.90. The monoisotopic (exact) mass is 112 g/mol. The van der Waals surface area contributed by atoms with Crippen molar-refractivity contribution in [2.45, 2.75) is 0 Å². The van der Waals surface area contributed by atoms with E-state index in [4.69, 9.17) is 10.5 Å². The van der Waals surface area contributed by atoms with Crippen molar-refractivity contribution in [1.82, 2.24) is 0 Å². The van der Waals surface area contributed by atoms with Gasteiger partial charge in [-0.15, -0.1) is 0 Å². The molecule has 8 heavy (non-hydrogen) atoms. The van der Waals surface area contributed by atoms with Gasteiger partial charge in [0.05, 0.1) is 12.1 Å². The Morgan fingerprint density at radius 3 is 1.62 bits per heavy atom. The second-order valence-electron chi connectivity index (χ2n) is 0.841. The summed E-state index contributed by atoms with van der Waals surface area (Å²) in [6.45, 7) is -0.274. The van der Waals surface area contributed by atoms with E-state index in [9.17, 15) is 0 Å². The van der Waals surface area contributed by atoms with Crippen LogP contribution >= 0.6 is 0 Å². The zero-order chi connectivity index (χ0) is 6.24. The number of nitriles is 2. The molecule has 4 heteroatoms. The number of nitrogens with zero attached hydrogens (tertiary/aromatic N) is 2. The molecule has 0 N–H and O–H groups in total. The third-order valence-corrected chi connectivity index (χ3v) is 0.330. The summed E-state index contributed by atoms with van der Waals surface area (Å²) >= 11 is 0. The van der Waals surface area contributed by atoms with E-state index in [0.717, 1.165) is 0 Å². The molecule has 0 heterocycles. The normalized spacial score (nSPS) is 7.25. The lowest BCUT2D eigenvalue weighted by molar-refractivity contribution is -0.274. The van der Waals surface area contributed by atoms with Gasteiger partial charge in [-0.05, 0) is 0 Å². The topological polar surface area (TPSA) is 66.0 Å². The zero-order valence-corrected chi connectivity index (χ0v) is 4.13. The van der Waals surface area contributed by atoms with Gasteiger partial charge in [0.2, 0.25) is 0 Å². The molecule has 0 aromatic rings. The van der Waals surface area contributed by atoms with Gasteiger partial charge in [-0.3, -0.25) is 0 Å². The fourth-order valence-electron chi connectivity index (χ4n) is 0.136. The molecule has 0 saturated heterocycles. The van der Waals surface area contributed by atoms with Crippen LogP contribution in [0.15, 0.2) is 0 Å². The van der Waals surface area contributed by atoms with Gasteiger partial charge in [0.25, 0.3) is 0 Å². The van der Waals surface area contributed by atoms with E-state index < -0.39 is 0 Å². The average molecular weight is 112 g/mol. The van der Waals surface area contributed by atoms with Crippen LogP contribution in [0.25, 0.3) is 0 Å². The second-order valence-corrected chi connectivity index (χ2v) is 0.841. The van der Waals surface area contributed by atoms with E-state index in [1.165, 1.54) is 0 Å². The van der Waals surface area contributed by atoms with Gasteiger partial charge >= 0.3 is 0 Å². The van der Waals surface area contributed by atoms with E-state index in [1.807, 2.05) is 0 Å². The molecule has 0 atom stereocenters. The van der Waals surface area contributed by atoms with Crippen LogP contribution in [0.3, 0.4) is 0 Å². The highest BCUT2D eigenvalue weighted by atomic mass is 17.2. The Bertz CT molecular complexity index is 105. The average Bonchev–Trinajstić information content (AvgIpc) is 1.81. The Morgan fingerprint density at radius 2 is 1.38 bits per heavy atom. The molecule has 0 fully saturated rings. The molecule has 0 aromatic carbocycles. The van der Waals surface area contributed by atoms with Gasteiger partial charge < -0.3 is 0 Å². The highest BCUT2D eigenvalue weighted by Gasteiger charge is 1.80. The molecule has 0 unspecified atom stereocenters. The fraction of sp³-hybridized carbons (Fsp3) is 0.500. The molecular weight excluding hydrogens is 108 g/mol. The SMILES string of the molecule is N#CCOOCC#N. The quantitative estimate of drug-likeness (QED) is 0.292. The highest BCUT2D eigenvalue weighted by Crippen LogP contribution is 1.72. The Balaban J connectivity index is 2.77. The maximum atomic E-state index is 7.83. The van der Waals surface area contributed by atoms with Crippen molar-refractivity contribution < 1.29 is 9.78 Å². The largest absolute Gasteiger partial charge is 0.220 e. The standard InChI is InChI=1S/C4H4N2O2/c5-1-3-7-8-4-2-6/h3-4H2. The number of hydrogen-bond acceptors (Lipinski definition) is 4. The van der Waals surface area contributed by atoms with Crippen molar-refractivity contribution in [3.63, 3.8) is 0 Å². The van der Waals surface area contributed by atoms with Crippen LogP contribution < -0.4 is 0 Å². The highest BCUT2D eigenvalue weighted by molar-refractivity contribution is 4.66. The fourth-order valence-corrected chi connectivity index (χ4v) is 0.136. The molecule has 0 radical (unpaired) electrons. The van der Waals surface area contributed by atoms with E-state index in [1.54, 1.807) is 12.1 Å². The summed E-state index contributed by atoms with van der Waals surface area (Å²) in [5.74, 6) is 0. The molecule has 0 bridgehead atoms. The van der Waals surface area contributed by atoms with Crippen LogP contribution in [0.1, 0.15) is 0 Å². The lowest BCUT2D eigenvalue weighted by atomic mass is 10.8. The molecule has 0 rings (SSSR count). The van der Waals surface area contributed by atoms with Gasteiger partial charge in [0.15, 0.2) is 13.2 Å². The third kappa shape index (κ3) is 4.90. The molecule has 0 aliphatic rings. The summed E-state index contributed by atoms with van der Waals surface area (Å²) in [7, 11) is 0. The number of hydrogen-bond donors (Lipinski definition) is 0. The van der Waals surface area contributed by atoms with Crippen molar-refractivity contribution in [1.29, 1.82) is 10.5 Å². The summed E-state index contributed by atoms with van der Waals surface area (Å²) in [6, 6.07) is 3.34. The molecule has 4 nitrogen and oxygen atoms in total. The van der Waals surface area contributed by atoms with E-state index in [-0.39, 0.29) is 13.2 Å². The van der Waals surface area contributed by atoms with Crippen molar-refractivity contribution in [2.75, 3.05) is 13.2 Å². The summed E-state index contributed by atoms with van der Waals surface area (Å²) in [4.78, 5) is 8.28. The summed E-state index contributed by atoms with van der Waals surface area (Å²) < 4.78 is 0. The molecule has 42 valence electrons. The Hall–Kier alpha value is -1.10. The van der Waals surface area contributed by atoms with Crippen molar-refractivity contribution in [2.24, 2.45) is 0 Å². The third-order valence-electron chi connectivity index (χ3n) is 0.330. The first-order chi connectivity index (χ1) is 3.91. The van der Waals surface area contributed by atoms with Crippen LogP contribution in [0, 0.1) is 22.7 Å². The van der Waals surface area contributed by atoms with Gasteiger partial charge in [0.1, 0.15) is 0 Å². The predicted molar refractivity (Wildman–Crippen MR) is 23.1 cm³/mol. The van der Waals surface area contributed by atoms with Gasteiger partial charge in [0, 0.05) is 0 Å². The minimum atomic E-state index is -0.137. The maximum Gasteiger partial charge on any atom is 0.169 e. The molecule has 0 spiro atoms. The van der Waals surface area contributed by atoms with Crippen molar-refractivity contribution in [3.8, 4) is 12.1 Å². The van der Waals surface area contributed by atoms with Crippen molar-refractivity contribution >= 4 is 0 Å². The lowest BCUT2D eigenvalue weighted by Crippen LogP contribution is -1.93. The molecular formula is C4H4N2O2. The van der Waals surface area contributed by atoms with Crippen LogP contribution in [0.4, 0.5) is 0 Å². The Labute approximate surface area is 46.8 Å². The molecule has 0 amide bonds. The van der Waals surface area contributed by atoms with Crippen LogP contribution in [0.5, 0.6) is 0 Å². The molecule has 0 saturated carbocycles. The molecule has 0 aliphatic heterocycles. The van der Waals surface area contributed by atoms with Crippen molar-refractivity contribution in [3.05, 3.63) is 0 Å².